The molecule has 1 amide bonds. The highest BCUT2D eigenvalue weighted by Crippen LogP contribution is 2.38. The van der Waals surface area contributed by atoms with Gasteiger partial charge in [-0.3, -0.25) is 4.79 Å². The fourth-order valence-corrected chi connectivity index (χ4v) is 2.38. The number of carbonyl (C=O) groups excluding carboxylic acids is 1. The number of methoxy groups -OCH3 is 1. The van der Waals surface area contributed by atoms with E-state index in [0.717, 1.165) is 19.3 Å². The van der Waals surface area contributed by atoms with Crippen LogP contribution in [0.15, 0.2) is 24.3 Å². The number of benzene rings is 1. The standard InChI is InChI=1S/C15H22N2O3/c1-19-15(7-4-8-15)11-14(18)17-12-5-2-3-6-13(12)20-10-9-16/h2-3,5-6H,4,7-11,16H2,1H3,(H,17,18). The molecule has 0 saturated heterocycles. The Hall–Kier alpha value is -1.59. The van der Waals surface area contributed by atoms with Gasteiger partial charge in [0.05, 0.1) is 17.7 Å². The minimum atomic E-state index is -0.267. The van der Waals surface area contributed by atoms with Crippen molar-refractivity contribution in [3.05, 3.63) is 24.3 Å². The van der Waals surface area contributed by atoms with Crippen LogP contribution in [-0.4, -0.2) is 31.8 Å². The van der Waals surface area contributed by atoms with Gasteiger partial charge in [-0.25, -0.2) is 0 Å². The number of para-hydroxylation sites is 2. The number of carbonyl (C=O) groups is 1. The molecule has 1 aliphatic rings. The van der Waals surface area contributed by atoms with E-state index in [1.807, 2.05) is 24.3 Å². The zero-order chi connectivity index (χ0) is 14.4. The van der Waals surface area contributed by atoms with Crippen LogP contribution in [0.25, 0.3) is 0 Å². The van der Waals surface area contributed by atoms with E-state index in [0.29, 0.717) is 31.0 Å². The largest absolute Gasteiger partial charge is 0.490 e. The first-order chi connectivity index (χ1) is 9.69. The molecule has 0 heterocycles. The van der Waals surface area contributed by atoms with Gasteiger partial charge in [0, 0.05) is 13.7 Å². The summed E-state index contributed by atoms with van der Waals surface area (Å²) in [5.41, 5.74) is 5.84. The van der Waals surface area contributed by atoms with Gasteiger partial charge in [-0.2, -0.15) is 0 Å². The lowest BCUT2D eigenvalue weighted by Crippen LogP contribution is -2.42. The summed E-state index contributed by atoms with van der Waals surface area (Å²) >= 11 is 0. The Bertz CT molecular complexity index is 453. The zero-order valence-corrected chi connectivity index (χ0v) is 11.9. The van der Waals surface area contributed by atoms with Gasteiger partial charge in [-0.05, 0) is 31.4 Å². The van der Waals surface area contributed by atoms with Crippen molar-refractivity contribution in [2.24, 2.45) is 5.73 Å². The lowest BCUT2D eigenvalue weighted by atomic mass is 9.77. The number of nitrogens with one attached hydrogen (secondary N) is 1. The fraction of sp³-hybridized carbons (Fsp3) is 0.533. The molecule has 0 atom stereocenters. The highest BCUT2D eigenvalue weighted by atomic mass is 16.5. The molecule has 1 aromatic rings. The van der Waals surface area contributed by atoms with Crippen LogP contribution in [0, 0.1) is 0 Å². The lowest BCUT2D eigenvalue weighted by Gasteiger charge is -2.39. The summed E-state index contributed by atoms with van der Waals surface area (Å²) in [6.45, 7) is 0.865. The summed E-state index contributed by atoms with van der Waals surface area (Å²) in [6.07, 6.45) is 3.40. The minimum absolute atomic E-state index is 0.0460. The van der Waals surface area contributed by atoms with Gasteiger partial charge in [0.2, 0.25) is 5.91 Å². The number of nitrogens with two attached hydrogens (primary N) is 1. The lowest BCUT2D eigenvalue weighted by molar-refractivity contribution is -0.129. The Balaban J connectivity index is 1.96. The van der Waals surface area contributed by atoms with Crippen LogP contribution in [-0.2, 0) is 9.53 Å². The Labute approximate surface area is 119 Å². The maximum absolute atomic E-state index is 12.1. The normalized spacial score (nSPS) is 16.3. The first-order valence-electron chi connectivity index (χ1n) is 6.96. The zero-order valence-electron chi connectivity index (χ0n) is 11.9. The number of ether oxygens (including phenoxy) is 2. The highest BCUT2D eigenvalue weighted by Gasteiger charge is 2.39. The van der Waals surface area contributed by atoms with Gasteiger partial charge < -0.3 is 20.5 Å². The van der Waals surface area contributed by atoms with Crippen molar-refractivity contribution < 1.29 is 14.3 Å². The molecule has 1 fully saturated rings. The predicted molar refractivity (Wildman–Crippen MR) is 77.8 cm³/mol. The molecule has 0 bridgehead atoms. The number of rotatable bonds is 7. The molecule has 20 heavy (non-hydrogen) atoms. The molecule has 2 rings (SSSR count). The summed E-state index contributed by atoms with van der Waals surface area (Å²) in [5, 5.41) is 2.89. The molecule has 3 N–H and O–H groups in total. The Kier molecular flexibility index (Phi) is 4.98. The molecule has 0 aliphatic heterocycles. The van der Waals surface area contributed by atoms with Gasteiger partial charge in [0.15, 0.2) is 0 Å². The van der Waals surface area contributed by atoms with Crippen LogP contribution in [0.4, 0.5) is 5.69 Å². The second kappa shape index (κ2) is 6.72. The average molecular weight is 278 g/mol. The number of amides is 1. The van der Waals surface area contributed by atoms with Crippen molar-refractivity contribution in [2.75, 3.05) is 25.6 Å². The van der Waals surface area contributed by atoms with E-state index in [2.05, 4.69) is 5.32 Å². The third-order valence-electron chi connectivity index (χ3n) is 3.72. The molecular formula is C15H22N2O3. The third kappa shape index (κ3) is 3.49. The van der Waals surface area contributed by atoms with Crippen molar-refractivity contribution in [2.45, 2.75) is 31.3 Å². The summed E-state index contributed by atoms with van der Waals surface area (Å²) in [5.74, 6) is 0.599. The Morgan fingerprint density at radius 3 is 2.75 bits per heavy atom. The van der Waals surface area contributed by atoms with Crippen LogP contribution in [0.2, 0.25) is 0 Å². The number of hydrogen-bond donors (Lipinski definition) is 2. The number of hydrogen-bond acceptors (Lipinski definition) is 4. The average Bonchev–Trinajstić information content (AvgIpc) is 2.42. The molecule has 5 nitrogen and oxygen atoms in total. The predicted octanol–water partition coefficient (Wildman–Crippen LogP) is 1.92. The molecule has 110 valence electrons. The Morgan fingerprint density at radius 2 is 2.15 bits per heavy atom. The topological polar surface area (TPSA) is 73.6 Å². The van der Waals surface area contributed by atoms with E-state index >= 15 is 0 Å². The minimum Gasteiger partial charge on any atom is -0.490 e. The SMILES string of the molecule is COC1(CC(=O)Nc2ccccc2OCCN)CCC1. The van der Waals surface area contributed by atoms with Crippen LogP contribution in [0.1, 0.15) is 25.7 Å². The monoisotopic (exact) mass is 278 g/mol. The highest BCUT2D eigenvalue weighted by molar-refractivity contribution is 5.93. The molecule has 0 radical (unpaired) electrons. The second-order valence-electron chi connectivity index (χ2n) is 5.10. The van der Waals surface area contributed by atoms with Crippen LogP contribution < -0.4 is 15.8 Å². The van der Waals surface area contributed by atoms with E-state index in [-0.39, 0.29) is 11.5 Å². The molecule has 1 aliphatic carbocycles. The van der Waals surface area contributed by atoms with Crippen LogP contribution >= 0.6 is 0 Å². The van der Waals surface area contributed by atoms with Crippen molar-refractivity contribution in [1.82, 2.24) is 0 Å². The van der Waals surface area contributed by atoms with Gasteiger partial charge in [-0.1, -0.05) is 12.1 Å². The molecule has 5 heteroatoms. The molecule has 1 aromatic carbocycles. The maximum Gasteiger partial charge on any atom is 0.227 e. The van der Waals surface area contributed by atoms with E-state index in [4.69, 9.17) is 15.2 Å². The molecule has 1 saturated carbocycles. The molecule has 0 unspecified atom stereocenters. The van der Waals surface area contributed by atoms with Crippen LogP contribution in [0.5, 0.6) is 5.75 Å². The summed E-state index contributed by atoms with van der Waals surface area (Å²) in [6, 6.07) is 7.37. The summed E-state index contributed by atoms with van der Waals surface area (Å²) < 4.78 is 11.0. The van der Waals surface area contributed by atoms with Gasteiger partial charge in [0.1, 0.15) is 12.4 Å². The maximum atomic E-state index is 12.1. The molecule has 0 spiro atoms. The number of anilines is 1. The second-order valence-corrected chi connectivity index (χ2v) is 5.10. The summed E-state index contributed by atoms with van der Waals surface area (Å²) in [7, 11) is 1.67. The van der Waals surface area contributed by atoms with E-state index in [9.17, 15) is 4.79 Å². The van der Waals surface area contributed by atoms with E-state index in [1.165, 1.54) is 0 Å². The van der Waals surface area contributed by atoms with Crippen molar-refractivity contribution >= 4 is 11.6 Å². The van der Waals surface area contributed by atoms with Crippen LogP contribution in [0.3, 0.4) is 0 Å². The van der Waals surface area contributed by atoms with Crippen molar-refractivity contribution in [3.8, 4) is 5.75 Å². The molecular weight excluding hydrogens is 256 g/mol. The molecule has 0 aromatic heterocycles. The smallest absolute Gasteiger partial charge is 0.227 e. The quantitative estimate of drug-likeness (QED) is 0.799. The fourth-order valence-electron chi connectivity index (χ4n) is 2.38. The van der Waals surface area contributed by atoms with Crippen molar-refractivity contribution in [3.63, 3.8) is 0 Å². The first-order valence-corrected chi connectivity index (χ1v) is 6.96. The van der Waals surface area contributed by atoms with Crippen molar-refractivity contribution in [1.29, 1.82) is 0 Å². The summed E-state index contributed by atoms with van der Waals surface area (Å²) in [4.78, 5) is 12.1. The van der Waals surface area contributed by atoms with E-state index in [1.54, 1.807) is 7.11 Å². The first kappa shape index (κ1) is 14.8. The van der Waals surface area contributed by atoms with Gasteiger partial charge >= 0.3 is 0 Å². The Morgan fingerprint density at radius 1 is 1.40 bits per heavy atom. The van der Waals surface area contributed by atoms with Gasteiger partial charge in [-0.15, -0.1) is 0 Å². The van der Waals surface area contributed by atoms with E-state index < -0.39 is 0 Å². The third-order valence-corrected chi connectivity index (χ3v) is 3.72. The van der Waals surface area contributed by atoms with Gasteiger partial charge in [0.25, 0.3) is 0 Å².